The summed E-state index contributed by atoms with van der Waals surface area (Å²) in [6.45, 7) is 3.50. The topological polar surface area (TPSA) is 110 Å². The fraction of sp³-hybridized carbons (Fsp3) is 0.381. The van der Waals surface area contributed by atoms with Crippen molar-refractivity contribution in [1.82, 2.24) is 19.6 Å². The minimum Gasteiger partial charge on any atom is -0.357 e. The van der Waals surface area contributed by atoms with E-state index >= 15 is 0 Å². The Bertz CT molecular complexity index is 1200. The van der Waals surface area contributed by atoms with E-state index in [4.69, 9.17) is 0 Å². The van der Waals surface area contributed by atoms with E-state index in [9.17, 15) is 13.2 Å². The standard InChI is InChI=1S/C21H26N6O3S2.ClH/c1-14-6-7-16(32(29,30)26(2)3)11-17(14)23-21-25-24-19(13-31-21)15-10-18(22-12-15)20(28)27-8-4-5-9-27;/h6-7,10-12,22H,4-5,8-9,13H2,1-3H3,(H,23,25);1H. The molecule has 9 nitrogen and oxygen atoms in total. The molecule has 1 aromatic heterocycles. The van der Waals surface area contributed by atoms with Crippen molar-refractivity contribution >= 4 is 56.7 Å². The number of sulfonamides is 1. The summed E-state index contributed by atoms with van der Waals surface area (Å²) in [5.74, 6) is 0.603. The molecule has 4 rings (SSSR count). The van der Waals surface area contributed by atoms with Crippen LogP contribution in [0.15, 0.2) is 45.5 Å². The third-order valence-corrected chi connectivity index (χ3v) is 8.14. The van der Waals surface area contributed by atoms with Gasteiger partial charge in [-0.3, -0.25) is 10.2 Å². The molecular weight excluding hydrogens is 484 g/mol. The predicted octanol–water partition coefficient (Wildman–Crippen LogP) is 2.96. The molecule has 0 aliphatic carbocycles. The maximum Gasteiger partial charge on any atom is 0.270 e. The number of aromatic nitrogens is 1. The van der Waals surface area contributed by atoms with Gasteiger partial charge in [0.1, 0.15) is 5.69 Å². The van der Waals surface area contributed by atoms with Crippen LogP contribution in [-0.4, -0.2) is 72.3 Å². The van der Waals surface area contributed by atoms with Crippen molar-refractivity contribution in [2.45, 2.75) is 24.7 Å². The molecule has 0 unspecified atom stereocenters. The van der Waals surface area contributed by atoms with Crippen molar-refractivity contribution in [1.29, 1.82) is 0 Å². The number of thioether (sulfide) groups is 1. The van der Waals surface area contributed by atoms with Gasteiger partial charge in [-0.2, -0.15) is 5.10 Å². The number of hydrazone groups is 1. The molecule has 0 radical (unpaired) electrons. The molecule has 2 N–H and O–H groups in total. The Morgan fingerprint density at radius 2 is 1.94 bits per heavy atom. The molecule has 178 valence electrons. The number of amidine groups is 1. The number of hydrogen-bond donors (Lipinski definition) is 2. The average molecular weight is 511 g/mol. The number of carbonyl (C=O) groups excluding carboxylic acids is 1. The third-order valence-electron chi connectivity index (χ3n) is 5.45. The second kappa shape index (κ2) is 10.3. The number of rotatable bonds is 5. The monoisotopic (exact) mass is 510 g/mol. The highest BCUT2D eigenvalue weighted by atomic mass is 35.5. The number of nitrogens with one attached hydrogen (secondary N) is 2. The number of halogens is 1. The van der Waals surface area contributed by atoms with Gasteiger partial charge < -0.3 is 9.88 Å². The van der Waals surface area contributed by atoms with Crippen molar-refractivity contribution in [3.05, 3.63) is 47.3 Å². The molecular formula is C21H27ClN6O3S2. The minimum atomic E-state index is -3.54. The summed E-state index contributed by atoms with van der Waals surface area (Å²) < 4.78 is 26.0. The second-order valence-electron chi connectivity index (χ2n) is 7.91. The quantitative estimate of drug-likeness (QED) is 0.642. The lowest BCUT2D eigenvalue weighted by atomic mass is 10.2. The normalized spacial score (nSPS) is 17.6. The fourth-order valence-electron chi connectivity index (χ4n) is 3.49. The number of amides is 1. The predicted molar refractivity (Wildman–Crippen MR) is 134 cm³/mol. The van der Waals surface area contributed by atoms with Gasteiger partial charge in [-0.05, 0) is 43.5 Å². The van der Waals surface area contributed by atoms with Gasteiger partial charge in [0.15, 0.2) is 5.17 Å². The highest BCUT2D eigenvalue weighted by Crippen LogP contribution is 2.26. The van der Waals surface area contributed by atoms with Crippen LogP contribution in [-0.2, 0) is 10.0 Å². The lowest BCUT2D eigenvalue weighted by Crippen LogP contribution is -2.28. The van der Waals surface area contributed by atoms with Crippen LogP contribution >= 0.6 is 24.2 Å². The van der Waals surface area contributed by atoms with Gasteiger partial charge in [-0.1, -0.05) is 17.8 Å². The molecule has 33 heavy (non-hydrogen) atoms. The SMILES string of the molecule is Cc1ccc(S(=O)(=O)N(C)C)cc1N=C1NN=C(c2c[nH]c(C(=O)N3CCCC3)c2)CS1.Cl. The van der Waals surface area contributed by atoms with Crippen LogP contribution in [0.2, 0.25) is 0 Å². The van der Waals surface area contributed by atoms with Crippen LogP contribution in [0, 0.1) is 6.92 Å². The summed E-state index contributed by atoms with van der Waals surface area (Å²) in [6, 6.07) is 6.74. The molecule has 1 aromatic carbocycles. The smallest absolute Gasteiger partial charge is 0.270 e. The number of nitrogens with zero attached hydrogens (tertiary/aromatic N) is 4. The van der Waals surface area contributed by atoms with Crippen LogP contribution < -0.4 is 5.43 Å². The first-order valence-electron chi connectivity index (χ1n) is 10.3. The van der Waals surface area contributed by atoms with Crippen LogP contribution in [0.5, 0.6) is 0 Å². The van der Waals surface area contributed by atoms with E-state index in [2.05, 4.69) is 20.5 Å². The van der Waals surface area contributed by atoms with E-state index in [1.165, 1.54) is 30.2 Å². The van der Waals surface area contributed by atoms with Gasteiger partial charge in [0.2, 0.25) is 10.0 Å². The zero-order valence-electron chi connectivity index (χ0n) is 18.7. The number of aliphatic imine (C=N–C) groups is 1. The number of benzene rings is 1. The molecule has 1 fully saturated rings. The van der Waals surface area contributed by atoms with E-state index in [1.54, 1.807) is 24.4 Å². The minimum absolute atomic E-state index is 0. The summed E-state index contributed by atoms with van der Waals surface area (Å²) in [5.41, 5.74) is 6.63. The Hall–Kier alpha value is -2.34. The average Bonchev–Trinajstić information content (AvgIpc) is 3.48. The van der Waals surface area contributed by atoms with Crippen LogP contribution in [0.3, 0.4) is 0 Å². The lowest BCUT2D eigenvalue weighted by Gasteiger charge is -2.15. The maximum absolute atomic E-state index is 12.5. The Labute approximate surface area is 204 Å². The van der Waals surface area contributed by atoms with Crippen LogP contribution in [0.4, 0.5) is 5.69 Å². The van der Waals surface area contributed by atoms with Crippen molar-refractivity contribution in [2.75, 3.05) is 32.9 Å². The van der Waals surface area contributed by atoms with Crippen molar-refractivity contribution in [3.63, 3.8) is 0 Å². The molecule has 3 heterocycles. The molecule has 0 saturated carbocycles. The molecule has 1 amide bonds. The van der Waals surface area contributed by atoms with Gasteiger partial charge >= 0.3 is 0 Å². The van der Waals surface area contributed by atoms with Crippen LogP contribution in [0.1, 0.15) is 34.5 Å². The molecule has 2 aromatic rings. The Balaban J connectivity index is 0.00000306. The number of H-pyrrole nitrogens is 1. The molecule has 0 bridgehead atoms. The zero-order chi connectivity index (χ0) is 22.9. The van der Waals surface area contributed by atoms with E-state index in [0.29, 0.717) is 22.3 Å². The number of aromatic amines is 1. The van der Waals surface area contributed by atoms with Gasteiger partial charge in [0, 0.05) is 44.7 Å². The highest BCUT2D eigenvalue weighted by Gasteiger charge is 2.23. The largest absolute Gasteiger partial charge is 0.357 e. The number of carbonyl (C=O) groups is 1. The van der Waals surface area contributed by atoms with Crippen molar-refractivity contribution in [3.8, 4) is 0 Å². The summed E-state index contributed by atoms with van der Waals surface area (Å²) in [6.07, 6.45) is 3.91. The summed E-state index contributed by atoms with van der Waals surface area (Å²) in [5, 5.41) is 5.00. The van der Waals surface area contributed by atoms with E-state index in [1.807, 2.05) is 17.9 Å². The van der Waals surface area contributed by atoms with Crippen molar-refractivity contribution in [2.24, 2.45) is 10.1 Å². The fourth-order valence-corrected chi connectivity index (χ4v) is 5.19. The van der Waals surface area contributed by atoms with E-state index in [0.717, 1.165) is 42.8 Å². The van der Waals surface area contributed by atoms with Gasteiger partial charge in [-0.15, -0.1) is 12.4 Å². The lowest BCUT2D eigenvalue weighted by molar-refractivity contribution is 0.0787. The molecule has 1 saturated heterocycles. The molecule has 2 aliphatic heterocycles. The van der Waals surface area contributed by atoms with Crippen LogP contribution in [0.25, 0.3) is 0 Å². The first-order chi connectivity index (χ1) is 15.3. The Morgan fingerprint density at radius 1 is 1.21 bits per heavy atom. The first-order valence-corrected chi connectivity index (χ1v) is 12.7. The van der Waals surface area contributed by atoms with Gasteiger partial charge in [0.05, 0.1) is 16.3 Å². The number of likely N-dealkylation sites (tertiary alicyclic amines) is 1. The Kier molecular flexibility index (Phi) is 7.88. The molecule has 0 spiro atoms. The summed E-state index contributed by atoms with van der Waals surface area (Å²) in [4.78, 5) is 22.2. The van der Waals surface area contributed by atoms with E-state index in [-0.39, 0.29) is 23.2 Å². The first kappa shape index (κ1) is 25.3. The summed E-state index contributed by atoms with van der Waals surface area (Å²) >= 11 is 1.47. The van der Waals surface area contributed by atoms with E-state index < -0.39 is 10.0 Å². The maximum atomic E-state index is 12.5. The molecule has 12 heteroatoms. The van der Waals surface area contributed by atoms with Crippen molar-refractivity contribution < 1.29 is 13.2 Å². The van der Waals surface area contributed by atoms with Gasteiger partial charge in [0.25, 0.3) is 5.91 Å². The Morgan fingerprint density at radius 3 is 2.58 bits per heavy atom. The second-order valence-corrected chi connectivity index (χ2v) is 11.0. The zero-order valence-corrected chi connectivity index (χ0v) is 21.1. The molecule has 2 aliphatic rings. The highest BCUT2D eigenvalue weighted by molar-refractivity contribution is 8.14. The number of aryl methyl sites for hydroxylation is 1. The van der Waals surface area contributed by atoms with Gasteiger partial charge in [-0.25, -0.2) is 17.7 Å². The summed E-state index contributed by atoms with van der Waals surface area (Å²) in [7, 11) is -0.537. The number of hydrogen-bond acceptors (Lipinski definition) is 6. The third kappa shape index (κ3) is 5.43. The molecule has 0 atom stereocenters.